The molecule has 20 heavy (non-hydrogen) atoms. The minimum absolute atomic E-state index is 0.103. The molecule has 0 aliphatic heterocycles. The number of benzene rings is 1. The number of hydrogen-bond donors (Lipinski definition) is 2. The van der Waals surface area contributed by atoms with Crippen LogP contribution in [0.4, 0.5) is 0 Å². The van der Waals surface area contributed by atoms with Crippen molar-refractivity contribution in [1.82, 2.24) is 5.32 Å². The average Bonchev–Trinajstić information content (AvgIpc) is 2.44. The molecule has 0 heterocycles. The fraction of sp³-hybridized carbons (Fsp3) is 0.647. The maximum absolute atomic E-state index is 10.5. The summed E-state index contributed by atoms with van der Waals surface area (Å²) in [5.74, 6) is 1.53. The van der Waals surface area contributed by atoms with Gasteiger partial charge >= 0.3 is 0 Å². The van der Waals surface area contributed by atoms with E-state index in [4.69, 9.17) is 4.74 Å². The molecule has 1 aromatic rings. The van der Waals surface area contributed by atoms with Crippen molar-refractivity contribution in [2.24, 2.45) is 5.92 Å². The Hall–Kier alpha value is -1.06. The van der Waals surface area contributed by atoms with Crippen LogP contribution in [0.5, 0.6) is 5.75 Å². The Morgan fingerprint density at radius 3 is 2.30 bits per heavy atom. The topological polar surface area (TPSA) is 41.5 Å². The third-order valence-corrected chi connectivity index (χ3v) is 3.48. The highest BCUT2D eigenvalue weighted by Gasteiger charge is 2.18. The van der Waals surface area contributed by atoms with Gasteiger partial charge in [0.2, 0.25) is 0 Å². The summed E-state index contributed by atoms with van der Waals surface area (Å²) in [4.78, 5) is 0. The molecule has 0 aliphatic carbocycles. The minimum atomic E-state index is -0.470. The summed E-state index contributed by atoms with van der Waals surface area (Å²) in [6, 6.07) is 7.84. The standard InChI is InChI=1S/C17H29NO2/c1-5-16(18-12-11-13(3)4)17(19)14-7-9-15(10-8-14)20-6-2/h7-10,13,16-19H,5-6,11-12H2,1-4H3. The van der Waals surface area contributed by atoms with Crippen LogP contribution in [-0.2, 0) is 0 Å². The van der Waals surface area contributed by atoms with Gasteiger partial charge < -0.3 is 15.2 Å². The molecular formula is C17H29NO2. The van der Waals surface area contributed by atoms with Crippen LogP contribution in [0.1, 0.15) is 52.2 Å². The Morgan fingerprint density at radius 2 is 1.80 bits per heavy atom. The van der Waals surface area contributed by atoms with E-state index >= 15 is 0 Å². The van der Waals surface area contributed by atoms with Crippen molar-refractivity contribution >= 4 is 0 Å². The molecule has 0 amide bonds. The maximum Gasteiger partial charge on any atom is 0.119 e. The number of rotatable bonds is 9. The molecule has 0 aromatic heterocycles. The van der Waals surface area contributed by atoms with E-state index in [1.165, 1.54) is 0 Å². The highest BCUT2D eigenvalue weighted by Crippen LogP contribution is 2.22. The molecule has 0 aliphatic rings. The summed E-state index contributed by atoms with van der Waals surface area (Å²) >= 11 is 0. The van der Waals surface area contributed by atoms with Crippen LogP contribution in [0.25, 0.3) is 0 Å². The van der Waals surface area contributed by atoms with Gasteiger partial charge in [-0.1, -0.05) is 32.9 Å². The van der Waals surface area contributed by atoms with E-state index in [9.17, 15) is 5.11 Å². The van der Waals surface area contributed by atoms with E-state index in [1.807, 2.05) is 31.2 Å². The molecule has 2 unspecified atom stereocenters. The zero-order valence-electron chi connectivity index (χ0n) is 13.2. The van der Waals surface area contributed by atoms with Crippen LogP contribution in [-0.4, -0.2) is 24.3 Å². The summed E-state index contributed by atoms with van der Waals surface area (Å²) in [7, 11) is 0. The van der Waals surface area contributed by atoms with Gasteiger partial charge in [0.1, 0.15) is 5.75 Å². The number of aliphatic hydroxyl groups excluding tert-OH is 1. The first-order valence-corrected chi connectivity index (χ1v) is 7.72. The van der Waals surface area contributed by atoms with Crippen molar-refractivity contribution in [1.29, 1.82) is 0 Å². The summed E-state index contributed by atoms with van der Waals surface area (Å²) in [5, 5.41) is 13.9. The van der Waals surface area contributed by atoms with Crippen molar-refractivity contribution in [2.45, 2.75) is 52.7 Å². The van der Waals surface area contributed by atoms with Crippen molar-refractivity contribution in [2.75, 3.05) is 13.2 Å². The van der Waals surface area contributed by atoms with Crippen molar-refractivity contribution < 1.29 is 9.84 Å². The van der Waals surface area contributed by atoms with Gasteiger partial charge in [0.05, 0.1) is 12.7 Å². The molecular weight excluding hydrogens is 250 g/mol. The lowest BCUT2D eigenvalue weighted by Crippen LogP contribution is -2.35. The van der Waals surface area contributed by atoms with E-state index in [1.54, 1.807) is 0 Å². The van der Waals surface area contributed by atoms with Crippen LogP contribution in [0, 0.1) is 5.92 Å². The van der Waals surface area contributed by atoms with E-state index < -0.39 is 6.10 Å². The van der Waals surface area contributed by atoms with Gasteiger partial charge in [-0.2, -0.15) is 0 Å². The van der Waals surface area contributed by atoms with E-state index in [0.717, 1.165) is 30.7 Å². The molecule has 0 saturated carbocycles. The second kappa shape index (κ2) is 8.98. The Labute approximate surface area is 123 Å². The summed E-state index contributed by atoms with van der Waals surface area (Å²) in [6.45, 7) is 10.1. The minimum Gasteiger partial charge on any atom is -0.494 e. The van der Waals surface area contributed by atoms with Gasteiger partial charge in [-0.3, -0.25) is 0 Å². The van der Waals surface area contributed by atoms with Gasteiger partial charge in [0.25, 0.3) is 0 Å². The zero-order valence-corrected chi connectivity index (χ0v) is 13.2. The first kappa shape index (κ1) is 17.0. The van der Waals surface area contributed by atoms with Crippen LogP contribution >= 0.6 is 0 Å². The van der Waals surface area contributed by atoms with Crippen molar-refractivity contribution in [3.63, 3.8) is 0 Å². The van der Waals surface area contributed by atoms with E-state index in [-0.39, 0.29) is 6.04 Å². The molecule has 1 rings (SSSR count). The number of ether oxygens (including phenoxy) is 1. The lowest BCUT2D eigenvalue weighted by atomic mass is 9.99. The molecule has 2 N–H and O–H groups in total. The highest BCUT2D eigenvalue weighted by atomic mass is 16.5. The van der Waals surface area contributed by atoms with Crippen LogP contribution < -0.4 is 10.1 Å². The van der Waals surface area contributed by atoms with Gasteiger partial charge in [-0.15, -0.1) is 0 Å². The molecule has 114 valence electrons. The average molecular weight is 279 g/mol. The molecule has 0 bridgehead atoms. The quantitative estimate of drug-likeness (QED) is 0.726. The Bertz CT molecular complexity index is 362. The summed E-state index contributed by atoms with van der Waals surface area (Å²) in [6.07, 6.45) is 1.57. The molecule has 0 fully saturated rings. The van der Waals surface area contributed by atoms with Crippen LogP contribution in [0.15, 0.2) is 24.3 Å². The lowest BCUT2D eigenvalue weighted by molar-refractivity contribution is 0.125. The summed E-state index contributed by atoms with van der Waals surface area (Å²) < 4.78 is 5.42. The van der Waals surface area contributed by atoms with E-state index in [2.05, 4.69) is 26.1 Å². The lowest BCUT2D eigenvalue weighted by Gasteiger charge is -2.24. The largest absolute Gasteiger partial charge is 0.494 e. The van der Waals surface area contributed by atoms with Crippen molar-refractivity contribution in [3.05, 3.63) is 29.8 Å². The Kier molecular flexibility index (Phi) is 7.63. The first-order valence-electron chi connectivity index (χ1n) is 7.72. The van der Waals surface area contributed by atoms with E-state index in [0.29, 0.717) is 12.5 Å². The van der Waals surface area contributed by atoms with Crippen molar-refractivity contribution in [3.8, 4) is 5.75 Å². The fourth-order valence-electron chi connectivity index (χ4n) is 2.20. The molecule has 2 atom stereocenters. The fourth-order valence-corrected chi connectivity index (χ4v) is 2.20. The molecule has 0 spiro atoms. The van der Waals surface area contributed by atoms with Gasteiger partial charge in [-0.25, -0.2) is 0 Å². The zero-order chi connectivity index (χ0) is 15.0. The smallest absolute Gasteiger partial charge is 0.119 e. The monoisotopic (exact) mass is 279 g/mol. The second-order valence-electron chi connectivity index (χ2n) is 5.60. The predicted octanol–water partition coefficient (Wildman–Crippen LogP) is 3.53. The molecule has 1 aromatic carbocycles. The number of nitrogens with one attached hydrogen (secondary N) is 1. The highest BCUT2D eigenvalue weighted by molar-refractivity contribution is 5.29. The molecule has 0 saturated heterocycles. The normalized spacial score (nSPS) is 14.3. The Balaban J connectivity index is 2.58. The Morgan fingerprint density at radius 1 is 1.15 bits per heavy atom. The summed E-state index contributed by atoms with van der Waals surface area (Å²) in [5.41, 5.74) is 0.942. The SMILES string of the molecule is CCOc1ccc(C(O)C(CC)NCCC(C)C)cc1. The number of hydrogen-bond acceptors (Lipinski definition) is 3. The third kappa shape index (κ3) is 5.51. The third-order valence-electron chi connectivity index (χ3n) is 3.48. The molecule has 0 radical (unpaired) electrons. The second-order valence-corrected chi connectivity index (χ2v) is 5.60. The predicted molar refractivity (Wildman–Crippen MR) is 84.1 cm³/mol. The molecule has 3 nitrogen and oxygen atoms in total. The molecule has 3 heteroatoms. The maximum atomic E-state index is 10.5. The first-order chi connectivity index (χ1) is 9.58. The van der Waals surface area contributed by atoms with Crippen LogP contribution in [0.2, 0.25) is 0 Å². The van der Waals surface area contributed by atoms with Crippen LogP contribution in [0.3, 0.4) is 0 Å². The van der Waals surface area contributed by atoms with Gasteiger partial charge in [0.15, 0.2) is 0 Å². The number of aliphatic hydroxyl groups is 1. The van der Waals surface area contributed by atoms with Gasteiger partial charge in [-0.05, 0) is 49.9 Å². The van der Waals surface area contributed by atoms with Gasteiger partial charge in [0, 0.05) is 6.04 Å².